The van der Waals surface area contributed by atoms with Crippen molar-refractivity contribution in [1.29, 1.82) is 0 Å². The molecule has 0 saturated heterocycles. The largest absolute Gasteiger partial charge is 0.383 e. The molecule has 0 fully saturated rings. The summed E-state index contributed by atoms with van der Waals surface area (Å²) >= 11 is 0. The molecule has 0 unspecified atom stereocenters. The lowest BCUT2D eigenvalue weighted by atomic mass is 10.2. The van der Waals surface area contributed by atoms with E-state index in [1.54, 1.807) is 0 Å². The maximum Gasteiger partial charge on any atom is 0.236 e. The van der Waals surface area contributed by atoms with Crippen LogP contribution in [0.1, 0.15) is 38.6 Å². The number of primary amides is 1. The van der Waals surface area contributed by atoms with Crippen molar-refractivity contribution in [3.05, 3.63) is 11.4 Å². The van der Waals surface area contributed by atoms with Crippen molar-refractivity contribution in [2.24, 2.45) is 11.7 Å². The molecule has 112 valence electrons. The molecule has 0 bridgehead atoms. The Hall–Kier alpha value is -1.85. The summed E-state index contributed by atoms with van der Waals surface area (Å²) in [6.07, 6.45) is 1.71. The molecule has 6 nitrogen and oxygen atoms in total. The summed E-state index contributed by atoms with van der Waals surface area (Å²) in [6, 6.07) is 0. The van der Waals surface area contributed by atoms with E-state index in [0.717, 1.165) is 18.4 Å². The number of hydrogen-bond donors (Lipinski definition) is 2. The first-order valence-corrected chi connectivity index (χ1v) is 7.01. The van der Waals surface area contributed by atoms with Gasteiger partial charge in [-0.25, -0.2) is 9.97 Å². The number of nitrogens with two attached hydrogens (primary N) is 2. The molecule has 0 aliphatic rings. The molecule has 0 atom stereocenters. The van der Waals surface area contributed by atoms with Crippen molar-refractivity contribution in [3.8, 4) is 0 Å². The van der Waals surface area contributed by atoms with E-state index in [9.17, 15) is 4.79 Å². The monoisotopic (exact) mass is 279 g/mol. The second-order valence-corrected chi connectivity index (χ2v) is 5.46. The van der Waals surface area contributed by atoms with E-state index in [-0.39, 0.29) is 12.5 Å². The van der Waals surface area contributed by atoms with Crippen molar-refractivity contribution in [2.75, 3.05) is 23.7 Å². The minimum Gasteiger partial charge on any atom is -0.383 e. The predicted octanol–water partition coefficient (Wildman–Crippen LogP) is 1.27. The van der Waals surface area contributed by atoms with Gasteiger partial charge in [0.15, 0.2) is 0 Å². The predicted molar refractivity (Wildman–Crippen MR) is 81.4 cm³/mol. The molecular formula is C14H25N5O. The maximum atomic E-state index is 11.3. The van der Waals surface area contributed by atoms with Gasteiger partial charge in [-0.2, -0.15) is 0 Å². The van der Waals surface area contributed by atoms with E-state index < -0.39 is 0 Å². The Morgan fingerprint density at radius 3 is 2.50 bits per heavy atom. The van der Waals surface area contributed by atoms with Gasteiger partial charge in [-0.1, -0.05) is 20.8 Å². The molecule has 0 spiro atoms. The summed E-state index contributed by atoms with van der Waals surface area (Å²) in [5.74, 6) is 1.91. The Morgan fingerprint density at radius 2 is 2.00 bits per heavy atom. The maximum absolute atomic E-state index is 11.3. The molecule has 0 aromatic carbocycles. The average Bonchev–Trinajstić information content (AvgIpc) is 2.32. The zero-order valence-corrected chi connectivity index (χ0v) is 12.8. The van der Waals surface area contributed by atoms with Crippen molar-refractivity contribution >= 4 is 17.5 Å². The van der Waals surface area contributed by atoms with Gasteiger partial charge in [0.1, 0.15) is 17.5 Å². The lowest BCUT2D eigenvalue weighted by Crippen LogP contribution is -2.37. The highest BCUT2D eigenvalue weighted by molar-refractivity contribution is 5.79. The van der Waals surface area contributed by atoms with E-state index >= 15 is 0 Å². The van der Waals surface area contributed by atoms with Crippen LogP contribution in [-0.2, 0) is 11.2 Å². The van der Waals surface area contributed by atoms with Gasteiger partial charge >= 0.3 is 0 Å². The molecule has 1 aromatic heterocycles. The highest BCUT2D eigenvalue weighted by Crippen LogP contribution is 2.22. The van der Waals surface area contributed by atoms with Crippen LogP contribution in [0.25, 0.3) is 0 Å². The molecule has 1 heterocycles. The Bertz CT molecular complexity index is 473. The number of anilines is 2. The van der Waals surface area contributed by atoms with E-state index in [4.69, 9.17) is 11.5 Å². The van der Waals surface area contributed by atoms with Gasteiger partial charge in [0.2, 0.25) is 5.91 Å². The summed E-state index contributed by atoms with van der Waals surface area (Å²) in [7, 11) is 0. The van der Waals surface area contributed by atoms with Crippen LogP contribution in [0.2, 0.25) is 0 Å². The fourth-order valence-electron chi connectivity index (χ4n) is 2.07. The average molecular weight is 279 g/mol. The van der Waals surface area contributed by atoms with Crippen LogP contribution in [0.5, 0.6) is 0 Å². The molecule has 1 rings (SSSR count). The minimum atomic E-state index is -0.376. The number of rotatable bonds is 7. The van der Waals surface area contributed by atoms with E-state index in [1.165, 1.54) is 0 Å². The molecule has 0 aliphatic carbocycles. The van der Waals surface area contributed by atoms with E-state index in [0.29, 0.717) is 29.9 Å². The van der Waals surface area contributed by atoms with Crippen molar-refractivity contribution in [2.45, 2.75) is 40.5 Å². The lowest BCUT2D eigenvalue weighted by Gasteiger charge is -2.26. The van der Waals surface area contributed by atoms with Crippen LogP contribution >= 0.6 is 0 Å². The highest BCUT2D eigenvalue weighted by Gasteiger charge is 2.18. The number of carbonyl (C=O) groups excluding carboxylic acids is 1. The van der Waals surface area contributed by atoms with E-state index in [1.807, 2.05) is 11.8 Å². The Labute approximate surface area is 120 Å². The molecule has 1 aromatic rings. The summed E-state index contributed by atoms with van der Waals surface area (Å²) in [5, 5.41) is 0. The summed E-state index contributed by atoms with van der Waals surface area (Å²) < 4.78 is 0. The number of nitrogen functional groups attached to an aromatic ring is 1. The quantitative estimate of drug-likeness (QED) is 0.783. The Morgan fingerprint density at radius 1 is 1.35 bits per heavy atom. The van der Waals surface area contributed by atoms with E-state index in [2.05, 4.69) is 30.7 Å². The molecule has 4 N–H and O–H groups in total. The van der Waals surface area contributed by atoms with Gasteiger partial charge in [-0.15, -0.1) is 0 Å². The fourth-order valence-corrected chi connectivity index (χ4v) is 2.07. The minimum absolute atomic E-state index is 0.140. The van der Waals surface area contributed by atoms with Gasteiger partial charge in [0, 0.05) is 18.5 Å². The number of aromatic nitrogens is 2. The normalized spacial score (nSPS) is 10.8. The third-order valence-corrected chi connectivity index (χ3v) is 2.91. The molecule has 1 amide bonds. The van der Waals surface area contributed by atoms with Crippen molar-refractivity contribution in [1.82, 2.24) is 9.97 Å². The van der Waals surface area contributed by atoms with Gasteiger partial charge in [-0.3, -0.25) is 4.79 Å². The first-order valence-electron chi connectivity index (χ1n) is 7.01. The summed E-state index contributed by atoms with van der Waals surface area (Å²) in [4.78, 5) is 22.0. The van der Waals surface area contributed by atoms with Crippen LogP contribution < -0.4 is 16.4 Å². The van der Waals surface area contributed by atoms with Gasteiger partial charge in [0.25, 0.3) is 0 Å². The number of carbonyl (C=O) groups is 1. The first kappa shape index (κ1) is 16.2. The smallest absolute Gasteiger partial charge is 0.236 e. The second kappa shape index (κ2) is 7.07. The lowest BCUT2D eigenvalue weighted by molar-refractivity contribution is -0.116. The molecule has 0 radical (unpaired) electrons. The van der Waals surface area contributed by atoms with Crippen LogP contribution in [0.15, 0.2) is 0 Å². The molecule has 6 heteroatoms. The third-order valence-electron chi connectivity index (χ3n) is 2.91. The Balaban J connectivity index is 3.18. The SMILES string of the molecule is CCCc1nc(N)c(C)c(N(CC(N)=O)CC(C)C)n1. The standard InChI is InChI=1S/C14H25N5O/c1-5-6-12-17-13(16)10(4)14(18-12)19(7-9(2)3)8-11(15)20/h9H,5-8H2,1-4H3,(H2,15,20)(H2,16,17,18). The number of aryl methyl sites for hydroxylation is 1. The van der Waals surface area contributed by atoms with Crippen molar-refractivity contribution < 1.29 is 4.79 Å². The summed E-state index contributed by atoms with van der Waals surface area (Å²) in [5.41, 5.74) is 12.1. The Kier molecular flexibility index (Phi) is 5.73. The molecule has 20 heavy (non-hydrogen) atoms. The molecule has 0 aliphatic heterocycles. The first-order chi connectivity index (χ1) is 9.35. The zero-order chi connectivity index (χ0) is 15.3. The van der Waals surface area contributed by atoms with Crippen LogP contribution in [0, 0.1) is 12.8 Å². The summed E-state index contributed by atoms with van der Waals surface area (Å²) in [6.45, 7) is 8.94. The van der Waals surface area contributed by atoms with Crippen LogP contribution in [-0.4, -0.2) is 29.0 Å². The topological polar surface area (TPSA) is 98.1 Å². The van der Waals surface area contributed by atoms with Gasteiger partial charge in [0.05, 0.1) is 6.54 Å². The molecule has 0 saturated carbocycles. The number of amides is 1. The fraction of sp³-hybridized carbons (Fsp3) is 0.643. The number of nitrogens with zero attached hydrogens (tertiary/aromatic N) is 3. The zero-order valence-electron chi connectivity index (χ0n) is 12.8. The van der Waals surface area contributed by atoms with Gasteiger partial charge < -0.3 is 16.4 Å². The van der Waals surface area contributed by atoms with Crippen LogP contribution in [0.4, 0.5) is 11.6 Å². The van der Waals surface area contributed by atoms with Gasteiger partial charge in [-0.05, 0) is 19.3 Å². The molecular weight excluding hydrogens is 254 g/mol. The van der Waals surface area contributed by atoms with Crippen molar-refractivity contribution in [3.63, 3.8) is 0 Å². The highest BCUT2D eigenvalue weighted by atomic mass is 16.1. The van der Waals surface area contributed by atoms with Crippen LogP contribution in [0.3, 0.4) is 0 Å². The third kappa shape index (κ3) is 4.36. The number of hydrogen-bond acceptors (Lipinski definition) is 5. The second-order valence-electron chi connectivity index (χ2n) is 5.46.